The summed E-state index contributed by atoms with van der Waals surface area (Å²) in [5, 5.41) is 14.2. The minimum atomic E-state index is -5.15. The van der Waals surface area contributed by atoms with Crippen LogP contribution in [0.5, 0.6) is 0 Å². The molecule has 2 aliphatic rings. The number of halogens is 10. The highest BCUT2D eigenvalue weighted by molar-refractivity contribution is 7.92. The Morgan fingerprint density at radius 1 is 1.00 bits per heavy atom. The molecule has 0 radical (unpaired) electrons. The van der Waals surface area contributed by atoms with E-state index in [4.69, 9.17) is 16.6 Å². The second-order valence-electron chi connectivity index (χ2n) is 16.4. The van der Waals surface area contributed by atoms with Gasteiger partial charge < -0.3 is 5.32 Å². The standard InChI is InChI=1S/C41H32ClF9N10O4S/c1-39(45,46)17-59-9-8-26(54-59)19-4-5-22-27(13-19)53-37(61(38(22)63)29-7-6-25(42)32-33(29)58(2)56-36(32)57-66(3,64)65)28(12-18-10-20(43)14-21(44)11-18)52-30(62)16-60-35-31(34(55-60)41(49,50)51)23-15-24(23)40(35,47)48/h4-11,13-14,23-24,28H,12,15-17H2,1-3H3,(H,52,62)(H,56,57)/t23-,24+,28-/m0/s1. The van der Waals surface area contributed by atoms with Crippen molar-refractivity contribution in [2.75, 3.05) is 11.0 Å². The first-order valence-electron chi connectivity index (χ1n) is 19.7. The number of rotatable bonds is 12. The number of nitrogens with zero attached hydrogens (tertiary/aromatic N) is 8. The molecule has 1 saturated carbocycles. The van der Waals surface area contributed by atoms with Gasteiger partial charge in [-0.3, -0.25) is 32.9 Å². The maximum Gasteiger partial charge on any atom is 0.435 e. The lowest BCUT2D eigenvalue weighted by Crippen LogP contribution is -2.38. The van der Waals surface area contributed by atoms with Crippen LogP contribution in [0.3, 0.4) is 0 Å². The van der Waals surface area contributed by atoms with Crippen LogP contribution < -0.4 is 15.6 Å². The number of aromatic nitrogens is 8. The first-order valence-corrected chi connectivity index (χ1v) is 22.0. The lowest BCUT2D eigenvalue weighted by Gasteiger charge is -2.24. The lowest BCUT2D eigenvalue weighted by molar-refractivity contribution is -0.142. The van der Waals surface area contributed by atoms with Crippen LogP contribution in [-0.4, -0.2) is 65.4 Å². The highest BCUT2D eigenvalue weighted by atomic mass is 35.5. The Morgan fingerprint density at radius 3 is 2.38 bits per heavy atom. The third-order valence-electron chi connectivity index (χ3n) is 11.2. The van der Waals surface area contributed by atoms with Crippen LogP contribution in [0.2, 0.25) is 5.02 Å². The Morgan fingerprint density at radius 2 is 1.71 bits per heavy atom. The third kappa shape index (κ3) is 8.13. The van der Waals surface area contributed by atoms with E-state index in [2.05, 4.69) is 25.3 Å². The van der Waals surface area contributed by atoms with Crippen molar-refractivity contribution in [1.29, 1.82) is 0 Å². The summed E-state index contributed by atoms with van der Waals surface area (Å²) >= 11 is 6.60. The van der Waals surface area contributed by atoms with Crippen LogP contribution in [0.4, 0.5) is 45.3 Å². The van der Waals surface area contributed by atoms with Crippen molar-refractivity contribution in [3.8, 4) is 16.9 Å². The van der Waals surface area contributed by atoms with E-state index in [0.29, 0.717) is 13.0 Å². The van der Waals surface area contributed by atoms with E-state index < -0.39 is 111 Å². The van der Waals surface area contributed by atoms with Gasteiger partial charge in [0.25, 0.3) is 17.4 Å². The number of carbonyl (C=O) groups is 1. The number of amides is 1. The quantitative estimate of drug-likeness (QED) is 0.118. The van der Waals surface area contributed by atoms with Gasteiger partial charge in [-0.15, -0.1) is 0 Å². The monoisotopic (exact) mass is 966 g/mol. The van der Waals surface area contributed by atoms with Crippen LogP contribution in [0.25, 0.3) is 38.8 Å². The van der Waals surface area contributed by atoms with Gasteiger partial charge in [-0.1, -0.05) is 17.7 Å². The highest BCUT2D eigenvalue weighted by Crippen LogP contribution is 2.68. The molecule has 0 saturated heterocycles. The van der Waals surface area contributed by atoms with E-state index in [1.54, 1.807) is 0 Å². The van der Waals surface area contributed by atoms with E-state index in [0.717, 1.165) is 27.6 Å². The first-order chi connectivity index (χ1) is 30.8. The molecule has 25 heteroatoms. The van der Waals surface area contributed by atoms with E-state index in [1.165, 1.54) is 54.3 Å². The van der Waals surface area contributed by atoms with Gasteiger partial charge in [-0.25, -0.2) is 31.0 Å². The zero-order valence-corrected chi connectivity index (χ0v) is 35.8. The first kappa shape index (κ1) is 44.8. The van der Waals surface area contributed by atoms with E-state index in [-0.39, 0.29) is 66.3 Å². The normalized spacial score (nSPS) is 17.3. The zero-order chi connectivity index (χ0) is 47.6. The number of carbonyl (C=O) groups excluding carboxylic acids is 1. The molecule has 1 fully saturated rings. The van der Waals surface area contributed by atoms with E-state index >= 15 is 13.6 Å². The molecule has 2 aliphatic carbocycles. The average molecular weight is 967 g/mol. The minimum absolute atomic E-state index is 0.0107. The number of hydrogen-bond donors (Lipinski definition) is 2. The number of fused-ring (bicyclic) bond motifs is 5. The summed E-state index contributed by atoms with van der Waals surface area (Å²) in [6.07, 6.45) is -3.81. The predicted octanol–water partition coefficient (Wildman–Crippen LogP) is 7.62. The van der Waals surface area contributed by atoms with Crippen LogP contribution in [0.15, 0.2) is 65.6 Å². The van der Waals surface area contributed by atoms with Gasteiger partial charge in [-0.05, 0) is 60.4 Å². The fourth-order valence-electron chi connectivity index (χ4n) is 8.64. The molecule has 346 valence electrons. The van der Waals surface area contributed by atoms with Gasteiger partial charge in [0.15, 0.2) is 11.5 Å². The molecule has 3 atom stereocenters. The summed E-state index contributed by atoms with van der Waals surface area (Å²) in [6, 6.07) is 8.89. The van der Waals surface area contributed by atoms with Gasteiger partial charge >= 0.3 is 6.18 Å². The molecule has 9 rings (SSSR count). The summed E-state index contributed by atoms with van der Waals surface area (Å²) in [5.74, 6) is -13.5. The zero-order valence-electron chi connectivity index (χ0n) is 34.2. The molecule has 66 heavy (non-hydrogen) atoms. The van der Waals surface area contributed by atoms with Gasteiger partial charge in [0.2, 0.25) is 15.9 Å². The average Bonchev–Trinajstić information content (AvgIpc) is 3.40. The predicted molar refractivity (Wildman–Crippen MR) is 220 cm³/mol. The van der Waals surface area contributed by atoms with Crippen molar-refractivity contribution >= 4 is 55.2 Å². The maximum absolute atomic E-state index is 15.5. The number of hydrogen-bond acceptors (Lipinski definition) is 8. The highest BCUT2D eigenvalue weighted by Gasteiger charge is 2.68. The second-order valence-corrected chi connectivity index (χ2v) is 18.5. The Labute approximate surface area is 371 Å². The van der Waals surface area contributed by atoms with Crippen molar-refractivity contribution in [3.05, 3.63) is 116 Å². The molecule has 0 bridgehead atoms. The molecule has 0 unspecified atom stereocenters. The number of sulfonamides is 1. The Hall–Kier alpha value is -6.43. The van der Waals surface area contributed by atoms with Gasteiger partial charge in [0.05, 0.1) is 50.5 Å². The molecule has 3 aromatic carbocycles. The fourth-order valence-corrected chi connectivity index (χ4v) is 9.38. The van der Waals surface area contributed by atoms with Crippen LogP contribution in [-0.2, 0) is 53.5 Å². The molecule has 2 N–H and O–H groups in total. The molecule has 14 nitrogen and oxygen atoms in total. The van der Waals surface area contributed by atoms with E-state index in [9.17, 15) is 43.9 Å². The number of anilines is 1. The third-order valence-corrected chi connectivity index (χ3v) is 12.1. The van der Waals surface area contributed by atoms with Gasteiger partial charge in [-0.2, -0.15) is 37.2 Å². The molecule has 0 spiro atoms. The molecule has 7 aromatic rings. The second kappa shape index (κ2) is 15.3. The Bertz CT molecular complexity index is 3320. The van der Waals surface area contributed by atoms with Crippen LogP contribution in [0, 0.1) is 17.6 Å². The van der Waals surface area contributed by atoms with Gasteiger partial charge in [0, 0.05) is 49.7 Å². The topological polar surface area (TPSA) is 164 Å². The number of alkyl halides is 7. The molecule has 0 aliphatic heterocycles. The molecule has 4 aromatic heterocycles. The van der Waals surface area contributed by atoms with Crippen molar-refractivity contribution in [3.63, 3.8) is 0 Å². The fraction of sp³-hybridized carbons (Fsp3) is 0.317. The lowest BCUT2D eigenvalue weighted by atomic mass is 10.0. The summed E-state index contributed by atoms with van der Waals surface area (Å²) in [7, 11) is -2.59. The molecular weight excluding hydrogens is 935 g/mol. The summed E-state index contributed by atoms with van der Waals surface area (Å²) in [4.78, 5) is 33.9. The van der Waals surface area contributed by atoms with Crippen LogP contribution in [0.1, 0.15) is 53.6 Å². The summed E-state index contributed by atoms with van der Waals surface area (Å²) in [5.41, 5.74) is -4.09. The smallest absolute Gasteiger partial charge is 0.344 e. The summed E-state index contributed by atoms with van der Waals surface area (Å²) < 4.78 is 161. The largest absolute Gasteiger partial charge is 0.435 e. The Balaban J connectivity index is 1.25. The maximum atomic E-state index is 15.5. The minimum Gasteiger partial charge on any atom is -0.344 e. The molecule has 4 heterocycles. The molecular formula is C41H32ClF9N10O4S. The number of aryl methyl sites for hydroxylation is 1. The van der Waals surface area contributed by atoms with Gasteiger partial charge in [0.1, 0.15) is 36.2 Å². The SMILES string of the molecule is Cn1nc(NS(C)(=O)=O)c2c(Cl)ccc(-n3c([C@H](Cc4cc(F)cc(F)c4)NC(=O)Cn4nc(C(F)(F)F)c5c4C(F)(F)[C@@H]4C[C@H]54)nc4cc(-c5ccn(CC(C)(F)F)n5)ccc4c3=O)c21. The van der Waals surface area contributed by atoms with Crippen LogP contribution >= 0.6 is 11.6 Å². The molecule has 1 amide bonds. The number of nitrogens with one attached hydrogen (secondary N) is 2. The van der Waals surface area contributed by atoms with E-state index in [1.807, 2.05) is 0 Å². The van der Waals surface area contributed by atoms with Crippen molar-refractivity contribution in [1.82, 2.24) is 44.2 Å². The summed E-state index contributed by atoms with van der Waals surface area (Å²) in [6.45, 7) is -1.27. The van der Waals surface area contributed by atoms with Crippen molar-refractivity contribution < 1.29 is 52.7 Å². The number of benzene rings is 3. The Kier molecular flexibility index (Phi) is 10.4. The van der Waals surface area contributed by atoms with Crippen molar-refractivity contribution in [2.45, 2.75) is 62.8 Å². The van der Waals surface area contributed by atoms with Crippen molar-refractivity contribution in [2.24, 2.45) is 13.0 Å².